The minimum atomic E-state index is -0.0117. The molecule has 1 aliphatic rings. The maximum absolute atomic E-state index is 5.41. The van der Waals surface area contributed by atoms with Crippen LogP contribution in [0.4, 0.5) is 0 Å². The molecular formula is C8H13IO2. The molecule has 0 saturated carbocycles. The highest BCUT2D eigenvalue weighted by atomic mass is 127. The molecule has 0 bridgehead atoms. The molecule has 1 saturated heterocycles. The van der Waals surface area contributed by atoms with Gasteiger partial charge in [0.05, 0.1) is 10.5 Å². The molecule has 3 heteroatoms. The Kier molecular flexibility index (Phi) is 4.40. The fraction of sp³-hybridized carbons (Fsp3) is 0.750. The zero-order valence-corrected chi connectivity index (χ0v) is 8.62. The average Bonchev–Trinajstić information content (AvgIpc) is 2.03. The third kappa shape index (κ3) is 3.09. The number of ether oxygens (including phenoxy) is 2. The van der Waals surface area contributed by atoms with Gasteiger partial charge in [-0.1, -0.05) is 28.7 Å². The second-order valence-corrected chi connectivity index (χ2v) is 4.12. The summed E-state index contributed by atoms with van der Waals surface area (Å²) < 4.78 is 11.3. The van der Waals surface area contributed by atoms with E-state index in [0.29, 0.717) is 10.5 Å². The molecule has 0 unspecified atom stereocenters. The van der Waals surface area contributed by atoms with Crippen LogP contribution in [-0.2, 0) is 9.47 Å². The van der Waals surface area contributed by atoms with Crippen LogP contribution in [0.15, 0.2) is 12.7 Å². The molecule has 64 valence electrons. The number of rotatable bonds is 3. The molecule has 0 aromatic heterocycles. The van der Waals surface area contributed by atoms with Gasteiger partial charge in [0.1, 0.15) is 0 Å². The standard InChI is InChI=1S/C8H13IO2/c1-2-5-10-8-7(9)4-3-6-11-8/h2,7-8H,1,3-6H2/t7-,8-/m0/s1. The molecule has 0 radical (unpaired) electrons. The summed E-state index contributed by atoms with van der Waals surface area (Å²) in [6, 6.07) is 0. The normalized spacial score (nSPS) is 31.7. The highest BCUT2D eigenvalue weighted by Crippen LogP contribution is 2.22. The van der Waals surface area contributed by atoms with E-state index < -0.39 is 0 Å². The van der Waals surface area contributed by atoms with Crippen molar-refractivity contribution < 1.29 is 9.47 Å². The smallest absolute Gasteiger partial charge is 0.169 e. The molecule has 1 fully saturated rings. The topological polar surface area (TPSA) is 18.5 Å². The van der Waals surface area contributed by atoms with E-state index in [2.05, 4.69) is 29.2 Å². The van der Waals surface area contributed by atoms with Crippen molar-refractivity contribution >= 4 is 22.6 Å². The maximum atomic E-state index is 5.41. The van der Waals surface area contributed by atoms with Crippen LogP contribution in [0.1, 0.15) is 12.8 Å². The molecule has 0 aromatic carbocycles. The van der Waals surface area contributed by atoms with E-state index in [1.54, 1.807) is 6.08 Å². The molecule has 0 amide bonds. The molecule has 2 nitrogen and oxygen atoms in total. The van der Waals surface area contributed by atoms with Crippen LogP contribution in [0.25, 0.3) is 0 Å². The SMILES string of the molecule is C=CCO[C@H]1OCCC[C@@H]1I. The molecule has 1 heterocycles. The van der Waals surface area contributed by atoms with Gasteiger partial charge in [0.2, 0.25) is 0 Å². The van der Waals surface area contributed by atoms with Crippen LogP contribution >= 0.6 is 22.6 Å². The van der Waals surface area contributed by atoms with Crippen molar-refractivity contribution in [1.29, 1.82) is 0 Å². The van der Waals surface area contributed by atoms with Gasteiger partial charge in [0.15, 0.2) is 6.29 Å². The van der Waals surface area contributed by atoms with Gasteiger partial charge in [-0.25, -0.2) is 0 Å². The lowest BCUT2D eigenvalue weighted by Gasteiger charge is -2.27. The summed E-state index contributed by atoms with van der Waals surface area (Å²) in [4.78, 5) is 0. The first kappa shape index (κ1) is 9.48. The van der Waals surface area contributed by atoms with Gasteiger partial charge in [0.25, 0.3) is 0 Å². The lowest BCUT2D eigenvalue weighted by atomic mass is 10.2. The summed E-state index contributed by atoms with van der Waals surface area (Å²) >= 11 is 2.37. The second kappa shape index (κ2) is 5.11. The highest BCUT2D eigenvalue weighted by molar-refractivity contribution is 14.1. The molecule has 0 aliphatic carbocycles. The molecule has 0 aromatic rings. The number of hydrogen-bond acceptors (Lipinski definition) is 2. The Bertz CT molecular complexity index is 127. The number of hydrogen-bond donors (Lipinski definition) is 0. The number of alkyl halides is 1. The van der Waals surface area contributed by atoms with Crippen LogP contribution in [0.3, 0.4) is 0 Å². The molecule has 2 atom stereocenters. The van der Waals surface area contributed by atoms with Crippen molar-refractivity contribution in [3.8, 4) is 0 Å². The van der Waals surface area contributed by atoms with E-state index >= 15 is 0 Å². The molecule has 0 N–H and O–H groups in total. The molecule has 1 rings (SSSR count). The lowest BCUT2D eigenvalue weighted by molar-refractivity contribution is -0.148. The largest absolute Gasteiger partial charge is 0.352 e. The molecular weight excluding hydrogens is 255 g/mol. The van der Waals surface area contributed by atoms with Gasteiger partial charge in [-0.2, -0.15) is 0 Å². The summed E-state index contributed by atoms with van der Waals surface area (Å²) in [5, 5.41) is 0. The van der Waals surface area contributed by atoms with Crippen LogP contribution in [0, 0.1) is 0 Å². The predicted octanol–water partition coefficient (Wildman–Crippen LogP) is 2.13. The van der Waals surface area contributed by atoms with Crippen molar-refractivity contribution in [3.63, 3.8) is 0 Å². The van der Waals surface area contributed by atoms with Crippen LogP contribution in [0.2, 0.25) is 0 Å². The number of halogens is 1. The van der Waals surface area contributed by atoms with Crippen molar-refractivity contribution in [2.45, 2.75) is 23.1 Å². The van der Waals surface area contributed by atoms with Crippen molar-refractivity contribution in [2.24, 2.45) is 0 Å². The first-order valence-electron chi connectivity index (χ1n) is 3.83. The third-order valence-electron chi connectivity index (χ3n) is 1.58. The van der Waals surface area contributed by atoms with Crippen molar-refractivity contribution in [3.05, 3.63) is 12.7 Å². The fourth-order valence-corrected chi connectivity index (χ4v) is 1.89. The molecule has 11 heavy (non-hydrogen) atoms. The summed E-state index contributed by atoms with van der Waals surface area (Å²) in [5.41, 5.74) is 0. The van der Waals surface area contributed by atoms with Crippen molar-refractivity contribution in [1.82, 2.24) is 0 Å². The van der Waals surface area contributed by atoms with Crippen LogP contribution in [0.5, 0.6) is 0 Å². The average molecular weight is 268 g/mol. The Labute approximate surface area is 81.1 Å². The van der Waals surface area contributed by atoms with Gasteiger partial charge in [-0.05, 0) is 12.8 Å². The van der Waals surface area contributed by atoms with Gasteiger partial charge in [-0.3, -0.25) is 0 Å². The Balaban J connectivity index is 2.23. The molecule has 0 spiro atoms. The minimum Gasteiger partial charge on any atom is -0.352 e. The summed E-state index contributed by atoms with van der Waals surface area (Å²) in [5.74, 6) is 0. The van der Waals surface area contributed by atoms with E-state index in [9.17, 15) is 0 Å². The summed E-state index contributed by atoms with van der Waals surface area (Å²) in [7, 11) is 0. The van der Waals surface area contributed by atoms with Crippen molar-refractivity contribution in [2.75, 3.05) is 13.2 Å². The van der Waals surface area contributed by atoms with Crippen LogP contribution in [-0.4, -0.2) is 23.4 Å². The lowest BCUT2D eigenvalue weighted by Crippen LogP contribution is -2.32. The Morgan fingerprint density at radius 1 is 1.73 bits per heavy atom. The third-order valence-corrected chi connectivity index (χ3v) is 2.79. The quantitative estimate of drug-likeness (QED) is 0.443. The van der Waals surface area contributed by atoms with Gasteiger partial charge >= 0.3 is 0 Å². The first-order valence-corrected chi connectivity index (χ1v) is 5.07. The zero-order valence-electron chi connectivity index (χ0n) is 6.46. The van der Waals surface area contributed by atoms with E-state index in [1.807, 2.05) is 0 Å². The first-order chi connectivity index (χ1) is 5.34. The molecule has 1 aliphatic heterocycles. The Morgan fingerprint density at radius 2 is 2.55 bits per heavy atom. The fourth-order valence-electron chi connectivity index (χ4n) is 1.03. The van der Waals surface area contributed by atoms with Gasteiger partial charge < -0.3 is 9.47 Å². The van der Waals surface area contributed by atoms with Gasteiger partial charge in [0, 0.05) is 6.61 Å². The van der Waals surface area contributed by atoms with E-state index in [1.165, 1.54) is 6.42 Å². The minimum absolute atomic E-state index is 0.0117. The Morgan fingerprint density at radius 3 is 3.18 bits per heavy atom. The Hall–Kier alpha value is 0.390. The van der Waals surface area contributed by atoms with Gasteiger partial charge in [-0.15, -0.1) is 6.58 Å². The monoisotopic (exact) mass is 268 g/mol. The maximum Gasteiger partial charge on any atom is 0.169 e. The summed E-state index contributed by atoms with van der Waals surface area (Å²) in [6.45, 7) is 5.01. The van der Waals surface area contributed by atoms with E-state index in [-0.39, 0.29) is 6.29 Å². The highest BCUT2D eigenvalue weighted by Gasteiger charge is 2.23. The zero-order chi connectivity index (χ0) is 8.10. The van der Waals surface area contributed by atoms with E-state index in [0.717, 1.165) is 13.0 Å². The predicted molar refractivity (Wildman–Crippen MR) is 52.9 cm³/mol. The summed E-state index contributed by atoms with van der Waals surface area (Å²) in [6.07, 6.45) is 4.09. The van der Waals surface area contributed by atoms with Crippen LogP contribution < -0.4 is 0 Å². The van der Waals surface area contributed by atoms with E-state index in [4.69, 9.17) is 9.47 Å². The second-order valence-electron chi connectivity index (χ2n) is 2.52.